The van der Waals surface area contributed by atoms with Crippen LogP contribution in [0.1, 0.15) is 11.1 Å². The summed E-state index contributed by atoms with van der Waals surface area (Å²) in [5, 5.41) is 0. The van der Waals surface area contributed by atoms with Crippen molar-refractivity contribution in [3.05, 3.63) is 68.7 Å². The smallest absolute Gasteiger partial charge is 0.266 e. The summed E-state index contributed by atoms with van der Waals surface area (Å²) in [6.45, 7) is 6.90. The number of amides is 1. The topological polar surface area (TPSA) is 48.0 Å². The molecular formula is C23H22INO4S2. The molecule has 0 N–H and O–H groups in total. The van der Waals surface area contributed by atoms with Gasteiger partial charge >= 0.3 is 0 Å². The highest BCUT2D eigenvalue weighted by Gasteiger charge is 2.31. The predicted molar refractivity (Wildman–Crippen MR) is 138 cm³/mol. The Balaban J connectivity index is 1.68. The third kappa shape index (κ3) is 6.02. The van der Waals surface area contributed by atoms with Crippen LogP contribution in [-0.2, 0) is 4.79 Å². The van der Waals surface area contributed by atoms with Gasteiger partial charge < -0.3 is 14.2 Å². The quantitative estimate of drug-likeness (QED) is 0.132. The van der Waals surface area contributed by atoms with E-state index in [1.807, 2.05) is 49.4 Å². The van der Waals surface area contributed by atoms with Crippen LogP contribution in [-0.4, -0.2) is 42.0 Å². The summed E-state index contributed by atoms with van der Waals surface area (Å²) < 4.78 is 18.6. The van der Waals surface area contributed by atoms with Crippen LogP contribution in [0.2, 0.25) is 0 Å². The van der Waals surface area contributed by atoms with E-state index in [2.05, 4.69) is 29.2 Å². The zero-order valence-electron chi connectivity index (χ0n) is 17.2. The van der Waals surface area contributed by atoms with Gasteiger partial charge in [0.05, 0.1) is 15.6 Å². The van der Waals surface area contributed by atoms with Crippen molar-refractivity contribution in [3.8, 4) is 17.2 Å². The number of thiocarbonyl (C=S) groups is 1. The summed E-state index contributed by atoms with van der Waals surface area (Å²) >= 11 is 8.78. The highest BCUT2D eigenvalue weighted by Crippen LogP contribution is 2.37. The molecule has 0 aliphatic carbocycles. The van der Waals surface area contributed by atoms with Gasteiger partial charge in [-0.05, 0) is 65.4 Å². The van der Waals surface area contributed by atoms with Crippen molar-refractivity contribution in [2.75, 3.05) is 26.9 Å². The number of methoxy groups -OCH3 is 1. The van der Waals surface area contributed by atoms with E-state index in [1.54, 1.807) is 13.2 Å². The number of thioether (sulfide) groups is 1. The molecule has 1 aliphatic rings. The molecule has 162 valence electrons. The van der Waals surface area contributed by atoms with Crippen molar-refractivity contribution in [1.29, 1.82) is 0 Å². The van der Waals surface area contributed by atoms with Crippen LogP contribution in [0.25, 0.3) is 6.08 Å². The van der Waals surface area contributed by atoms with Gasteiger partial charge in [0.2, 0.25) is 0 Å². The second-order valence-corrected chi connectivity index (χ2v) is 9.46. The lowest BCUT2D eigenvalue weighted by Crippen LogP contribution is -2.27. The van der Waals surface area contributed by atoms with Crippen LogP contribution in [0.15, 0.2) is 54.0 Å². The molecule has 0 unspecified atom stereocenters. The number of nitrogens with zero attached hydrogens (tertiary/aromatic N) is 1. The maximum Gasteiger partial charge on any atom is 0.266 e. The molecule has 2 aromatic rings. The molecule has 0 atom stereocenters. The monoisotopic (exact) mass is 567 g/mol. The third-order valence-corrected chi connectivity index (χ3v) is 6.53. The van der Waals surface area contributed by atoms with Gasteiger partial charge in [-0.3, -0.25) is 9.69 Å². The van der Waals surface area contributed by atoms with Crippen LogP contribution in [0.4, 0.5) is 0 Å². The SMILES string of the molecule is C=CCN1C(=O)C(=Cc2cc(I)c(OCCOc3ccc(C)cc3)c(OC)c2)SC1=S. The molecular weight excluding hydrogens is 545 g/mol. The minimum absolute atomic E-state index is 0.113. The van der Waals surface area contributed by atoms with Crippen molar-refractivity contribution in [1.82, 2.24) is 4.90 Å². The maximum atomic E-state index is 12.6. The fourth-order valence-corrected chi connectivity index (χ4v) is 4.89. The van der Waals surface area contributed by atoms with E-state index < -0.39 is 0 Å². The zero-order valence-corrected chi connectivity index (χ0v) is 21.0. The number of aryl methyl sites for hydroxylation is 1. The summed E-state index contributed by atoms with van der Waals surface area (Å²) in [5.74, 6) is 1.93. The largest absolute Gasteiger partial charge is 0.493 e. The number of rotatable bonds is 9. The Bertz CT molecular complexity index is 1020. The Morgan fingerprint density at radius 2 is 1.90 bits per heavy atom. The molecule has 0 bridgehead atoms. The molecule has 1 fully saturated rings. The summed E-state index contributed by atoms with van der Waals surface area (Å²) in [4.78, 5) is 14.7. The molecule has 0 saturated carbocycles. The number of ether oxygens (including phenoxy) is 3. The van der Waals surface area contributed by atoms with Crippen LogP contribution in [0.5, 0.6) is 17.2 Å². The van der Waals surface area contributed by atoms with Gasteiger partial charge in [-0.25, -0.2) is 0 Å². The zero-order chi connectivity index (χ0) is 22.4. The molecule has 1 amide bonds. The van der Waals surface area contributed by atoms with Crippen molar-refractivity contribution in [3.63, 3.8) is 0 Å². The average molecular weight is 567 g/mol. The second kappa shape index (κ2) is 11.0. The molecule has 0 radical (unpaired) electrons. The lowest BCUT2D eigenvalue weighted by molar-refractivity contribution is -0.121. The first kappa shape index (κ1) is 23.6. The number of carbonyl (C=O) groups is 1. The Morgan fingerprint density at radius 1 is 1.19 bits per heavy atom. The van der Waals surface area contributed by atoms with E-state index >= 15 is 0 Å². The molecule has 8 heteroatoms. The summed E-state index contributed by atoms with van der Waals surface area (Å²) in [7, 11) is 1.59. The number of hydrogen-bond donors (Lipinski definition) is 0. The fraction of sp³-hybridized carbons (Fsp3) is 0.217. The molecule has 0 spiro atoms. The lowest BCUT2D eigenvalue weighted by Gasteiger charge is -2.14. The first-order chi connectivity index (χ1) is 14.9. The fourth-order valence-electron chi connectivity index (χ4n) is 2.84. The minimum Gasteiger partial charge on any atom is -0.493 e. The van der Waals surface area contributed by atoms with Gasteiger partial charge in [0.15, 0.2) is 11.5 Å². The van der Waals surface area contributed by atoms with Crippen LogP contribution >= 0.6 is 46.6 Å². The summed E-state index contributed by atoms with van der Waals surface area (Å²) in [6.07, 6.45) is 3.48. The average Bonchev–Trinajstić information content (AvgIpc) is 3.01. The van der Waals surface area contributed by atoms with Gasteiger partial charge in [-0.1, -0.05) is 47.8 Å². The van der Waals surface area contributed by atoms with Gasteiger partial charge in [0.1, 0.15) is 23.3 Å². The normalized spacial score (nSPS) is 14.8. The molecule has 3 rings (SSSR count). The number of benzene rings is 2. The van der Waals surface area contributed by atoms with Gasteiger partial charge in [0, 0.05) is 6.54 Å². The van der Waals surface area contributed by atoms with Crippen molar-refractivity contribution in [2.24, 2.45) is 0 Å². The first-order valence-corrected chi connectivity index (χ1v) is 11.8. The molecule has 1 saturated heterocycles. The third-order valence-electron chi connectivity index (χ3n) is 4.35. The van der Waals surface area contributed by atoms with E-state index in [0.29, 0.717) is 40.5 Å². The standard InChI is InChI=1S/C23H22INO4S2/c1-4-9-25-22(26)20(31-23(25)30)14-16-12-18(24)21(19(13-16)27-3)29-11-10-28-17-7-5-15(2)6-8-17/h4-8,12-14H,1,9-11H2,2-3H3. The first-order valence-electron chi connectivity index (χ1n) is 9.49. The Hall–Kier alpha value is -2.04. The van der Waals surface area contributed by atoms with Crippen molar-refractivity contribution in [2.45, 2.75) is 6.92 Å². The van der Waals surface area contributed by atoms with Crippen molar-refractivity contribution >= 4 is 62.9 Å². The number of hydrogen-bond acceptors (Lipinski definition) is 6. The Labute approximate surface area is 205 Å². The van der Waals surface area contributed by atoms with Gasteiger partial charge in [-0.15, -0.1) is 6.58 Å². The van der Waals surface area contributed by atoms with E-state index in [4.69, 9.17) is 26.4 Å². The van der Waals surface area contributed by atoms with Crippen molar-refractivity contribution < 1.29 is 19.0 Å². The Morgan fingerprint density at radius 3 is 2.58 bits per heavy atom. The van der Waals surface area contributed by atoms with E-state index in [0.717, 1.165) is 14.9 Å². The number of halogens is 1. The van der Waals surface area contributed by atoms with E-state index in [9.17, 15) is 4.79 Å². The maximum absolute atomic E-state index is 12.6. The predicted octanol–water partition coefficient (Wildman–Crippen LogP) is 5.45. The van der Waals surface area contributed by atoms with Gasteiger partial charge in [0.25, 0.3) is 5.91 Å². The minimum atomic E-state index is -0.113. The van der Waals surface area contributed by atoms with E-state index in [1.165, 1.54) is 22.2 Å². The Kier molecular flexibility index (Phi) is 8.39. The van der Waals surface area contributed by atoms with E-state index in [-0.39, 0.29) is 5.91 Å². The van der Waals surface area contributed by atoms with Gasteiger partial charge in [-0.2, -0.15) is 0 Å². The molecule has 1 aliphatic heterocycles. The molecule has 5 nitrogen and oxygen atoms in total. The highest BCUT2D eigenvalue weighted by atomic mass is 127. The molecule has 1 heterocycles. The molecule has 31 heavy (non-hydrogen) atoms. The lowest BCUT2D eigenvalue weighted by atomic mass is 10.2. The summed E-state index contributed by atoms with van der Waals surface area (Å²) in [6, 6.07) is 11.7. The molecule has 2 aromatic carbocycles. The van der Waals surface area contributed by atoms with Crippen LogP contribution in [0, 0.1) is 10.5 Å². The van der Waals surface area contributed by atoms with Crippen LogP contribution in [0.3, 0.4) is 0 Å². The van der Waals surface area contributed by atoms with Crippen LogP contribution < -0.4 is 14.2 Å². The highest BCUT2D eigenvalue weighted by molar-refractivity contribution is 14.1. The second-order valence-electron chi connectivity index (χ2n) is 6.63. The molecule has 0 aromatic heterocycles. The number of carbonyl (C=O) groups excluding carboxylic acids is 1. The summed E-state index contributed by atoms with van der Waals surface area (Å²) in [5.41, 5.74) is 2.02.